The first-order chi connectivity index (χ1) is 10.8. The molecule has 122 valence electrons. The van der Waals surface area contributed by atoms with Crippen LogP contribution in [0.3, 0.4) is 0 Å². The van der Waals surface area contributed by atoms with Crippen molar-refractivity contribution in [3.05, 3.63) is 49.5 Å². The van der Waals surface area contributed by atoms with Crippen LogP contribution in [0.2, 0.25) is 0 Å². The molecule has 0 bridgehead atoms. The molecule has 0 fully saturated rings. The molecule has 0 aliphatic heterocycles. The molecule has 0 aliphatic rings. The number of anilines is 1. The number of hydrogen-bond donors (Lipinski definition) is 1. The minimum atomic E-state index is -0.816. The van der Waals surface area contributed by atoms with Crippen molar-refractivity contribution in [2.24, 2.45) is 14.1 Å². The summed E-state index contributed by atoms with van der Waals surface area (Å²) in [5, 5.41) is 2.32. The molecule has 0 atom stereocenters. The molecule has 9 nitrogen and oxygen atoms in total. The Balaban J connectivity index is 2.02. The van der Waals surface area contributed by atoms with Gasteiger partial charge in [0, 0.05) is 20.2 Å². The number of amides is 1. The van der Waals surface area contributed by atoms with E-state index in [-0.39, 0.29) is 11.6 Å². The summed E-state index contributed by atoms with van der Waals surface area (Å²) in [5.41, 5.74) is -1.16. The Morgan fingerprint density at radius 1 is 1.26 bits per heavy atom. The summed E-state index contributed by atoms with van der Waals surface area (Å²) in [4.78, 5) is 46.6. The monoisotopic (exact) mass is 385 g/mol. The van der Waals surface area contributed by atoms with Crippen LogP contribution in [0, 0.1) is 0 Å². The lowest BCUT2D eigenvalue weighted by Crippen LogP contribution is -2.38. The van der Waals surface area contributed by atoms with Gasteiger partial charge in [0.25, 0.3) is 11.5 Å². The highest BCUT2D eigenvalue weighted by Gasteiger charge is 2.15. The van der Waals surface area contributed by atoms with Crippen molar-refractivity contribution >= 4 is 33.6 Å². The molecule has 0 aliphatic carbocycles. The average Bonchev–Trinajstić information content (AvgIpc) is 2.94. The summed E-state index contributed by atoms with van der Waals surface area (Å²) in [5.74, 6) is -1.58. The van der Waals surface area contributed by atoms with Crippen molar-refractivity contribution in [3.63, 3.8) is 0 Å². The molecule has 0 radical (unpaired) electrons. The molecule has 2 aromatic heterocycles. The van der Waals surface area contributed by atoms with Crippen LogP contribution in [0.4, 0.5) is 5.82 Å². The zero-order valence-corrected chi connectivity index (χ0v) is 13.7. The molecule has 0 spiro atoms. The number of halogens is 1. The van der Waals surface area contributed by atoms with Crippen LogP contribution in [0.15, 0.2) is 36.9 Å². The van der Waals surface area contributed by atoms with Crippen molar-refractivity contribution in [2.75, 3.05) is 11.9 Å². The van der Waals surface area contributed by atoms with E-state index >= 15 is 0 Å². The Hall–Kier alpha value is -2.62. The van der Waals surface area contributed by atoms with Gasteiger partial charge in [0.15, 0.2) is 11.3 Å². The molecule has 0 aromatic carbocycles. The second-order valence-corrected chi connectivity index (χ2v) is 5.28. The van der Waals surface area contributed by atoms with E-state index in [0.717, 1.165) is 15.2 Å². The van der Waals surface area contributed by atoms with Crippen molar-refractivity contribution in [1.29, 1.82) is 0 Å². The molecule has 1 N–H and O–H groups in total. The lowest BCUT2D eigenvalue weighted by Gasteiger charge is -2.10. The lowest BCUT2D eigenvalue weighted by molar-refractivity contribution is -0.119. The van der Waals surface area contributed by atoms with Crippen LogP contribution in [-0.2, 0) is 23.6 Å². The van der Waals surface area contributed by atoms with E-state index in [4.69, 9.17) is 9.15 Å². The van der Waals surface area contributed by atoms with E-state index < -0.39 is 29.7 Å². The highest BCUT2D eigenvalue weighted by Crippen LogP contribution is 2.14. The number of aromatic nitrogens is 2. The van der Waals surface area contributed by atoms with Gasteiger partial charge < -0.3 is 14.5 Å². The third kappa shape index (κ3) is 3.77. The Bertz CT molecular complexity index is 879. The van der Waals surface area contributed by atoms with Crippen LogP contribution in [0.25, 0.3) is 0 Å². The summed E-state index contributed by atoms with van der Waals surface area (Å²) in [6, 6.07) is 3.98. The summed E-state index contributed by atoms with van der Waals surface area (Å²) < 4.78 is 12.1. The van der Waals surface area contributed by atoms with Gasteiger partial charge in [0.1, 0.15) is 5.82 Å². The lowest BCUT2D eigenvalue weighted by atomic mass is 10.4. The number of ether oxygens (including phenoxy) is 1. The molecule has 10 heteroatoms. The third-order valence-corrected chi connectivity index (χ3v) is 3.33. The first-order valence-corrected chi connectivity index (χ1v) is 7.08. The van der Waals surface area contributed by atoms with E-state index in [0.29, 0.717) is 4.67 Å². The summed E-state index contributed by atoms with van der Waals surface area (Å²) in [7, 11) is 2.71. The topological polar surface area (TPSA) is 113 Å². The van der Waals surface area contributed by atoms with Crippen LogP contribution >= 0.6 is 15.9 Å². The van der Waals surface area contributed by atoms with Crippen molar-refractivity contribution in [2.45, 2.75) is 0 Å². The number of carbonyl (C=O) groups is 2. The number of nitrogens with zero attached hydrogens (tertiary/aromatic N) is 2. The maximum atomic E-state index is 11.8. The zero-order valence-electron chi connectivity index (χ0n) is 12.2. The fourth-order valence-corrected chi connectivity index (χ4v) is 1.96. The molecular formula is C13H12BrN3O6. The maximum absolute atomic E-state index is 11.8. The molecule has 23 heavy (non-hydrogen) atoms. The molecule has 2 heterocycles. The maximum Gasteiger partial charge on any atom is 0.374 e. The Morgan fingerprint density at radius 3 is 2.57 bits per heavy atom. The summed E-state index contributed by atoms with van der Waals surface area (Å²) in [6.45, 7) is -0.597. The Kier molecular flexibility index (Phi) is 4.84. The van der Waals surface area contributed by atoms with Gasteiger partial charge in [0.2, 0.25) is 5.76 Å². The minimum absolute atomic E-state index is 0.0001000. The van der Waals surface area contributed by atoms with Crippen LogP contribution in [0.5, 0.6) is 0 Å². The number of nitrogens with one attached hydrogen (secondary N) is 1. The van der Waals surface area contributed by atoms with Crippen LogP contribution < -0.4 is 16.6 Å². The smallest absolute Gasteiger partial charge is 0.374 e. The number of carbonyl (C=O) groups excluding carboxylic acids is 2. The van der Waals surface area contributed by atoms with E-state index in [9.17, 15) is 19.2 Å². The standard InChI is InChI=1S/C13H12BrN3O6/c1-16-9(5-11(19)17(2)13(16)21)15-10(18)6-22-12(20)7-3-4-8(14)23-7/h3-5H,6H2,1-2H3,(H,15,18). The van der Waals surface area contributed by atoms with Gasteiger partial charge in [-0.05, 0) is 28.1 Å². The molecule has 2 aromatic rings. The fourth-order valence-electron chi connectivity index (χ4n) is 1.66. The van der Waals surface area contributed by atoms with E-state index in [1.54, 1.807) is 0 Å². The number of esters is 1. The zero-order chi connectivity index (χ0) is 17.1. The highest BCUT2D eigenvalue weighted by atomic mass is 79.9. The molecule has 2 rings (SSSR count). The van der Waals surface area contributed by atoms with Gasteiger partial charge in [-0.25, -0.2) is 9.59 Å². The highest BCUT2D eigenvalue weighted by molar-refractivity contribution is 9.10. The summed E-state index contributed by atoms with van der Waals surface area (Å²) in [6.07, 6.45) is 0. The minimum Gasteiger partial charge on any atom is -0.450 e. The van der Waals surface area contributed by atoms with Gasteiger partial charge in [-0.15, -0.1) is 0 Å². The van der Waals surface area contributed by atoms with Crippen molar-refractivity contribution in [3.8, 4) is 0 Å². The molecule has 0 unspecified atom stereocenters. The van der Waals surface area contributed by atoms with Crippen molar-refractivity contribution in [1.82, 2.24) is 9.13 Å². The van der Waals surface area contributed by atoms with E-state index in [1.165, 1.54) is 26.2 Å². The number of hydrogen-bond acceptors (Lipinski definition) is 6. The SMILES string of the molecule is Cn1c(NC(=O)COC(=O)c2ccc(Br)o2)cc(=O)n(C)c1=O. The van der Waals surface area contributed by atoms with Crippen molar-refractivity contribution < 1.29 is 18.7 Å². The predicted molar refractivity (Wildman–Crippen MR) is 82.2 cm³/mol. The normalized spacial score (nSPS) is 10.4. The second kappa shape index (κ2) is 6.65. The third-order valence-electron chi connectivity index (χ3n) is 2.90. The molecular weight excluding hydrogens is 374 g/mol. The number of rotatable bonds is 4. The van der Waals surface area contributed by atoms with Gasteiger partial charge >= 0.3 is 11.7 Å². The average molecular weight is 386 g/mol. The number of furan rings is 1. The Labute approximate surface area is 137 Å². The molecule has 0 saturated carbocycles. The first kappa shape index (κ1) is 16.7. The first-order valence-electron chi connectivity index (χ1n) is 6.29. The predicted octanol–water partition coefficient (Wildman–Crippen LogP) is 0.235. The van der Waals surface area contributed by atoms with Gasteiger partial charge in [-0.1, -0.05) is 0 Å². The van der Waals surface area contributed by atoms with E-state index in [2.05, 4.69) is 21.2 Å². The summed E-state index contributed by atoms with van der Waals surface area (Å²) >= 11 is 3.03. The van der Waals surface area contributed by atoms with Gasteiger partial charge in [-0.3, -0.25) is 18.7 Å². The quantitative estimate of drug-likeness (QED) is 0.754. The van der Waals surface area contributed by atoms with E-state index in [1.807, 2.05) is 0 Å². The van der Waals surface area contributed by atoms with Gasteiger partial charge in [0.05, 0.1) is 0 Å². The fraction of sp³-hybridized carbons (Fsp3) is 0.231. The van der Waals surface area contributed by atoms with Crippen LogP contribution in [0.1, 0.15) is 10.6 Å². The van der Waals surface area contributed by atoms with Crippen LogP contribution in [-0.4, -0.2) is 27.6 Å². The van der Waals surface area contributed by atoms with Gasteiger partial charge in [-0.2, -0.15) is 0 Å². The second-order valence-electron chi connectivity index (χ2n) is 4.50. The largest absolute Gasteiger partial charge is 0.450 e. The Morgan fingerprint density at radius 2 is 1.96 bits per heavy atom. The molecule has 1 amide bonds. The molecule has 0 saturated heterocycles.